The van der Waals surface area contributed by atoms with Gasteiger partial charge in [0.05, 0.1) is 16.4 Å². The molecule has 0 spiro atoms. The van der Waals surface area contributed by atoms with Crippen LogP contribution in [0.2, 0.25) is 0 Å². The van der Waals surface area contributed by atoms with Gasteiger partial charge in [-0.1, -0.05) is 28.6 Å². The lowest BCUT2D eigenvalue weighted by molar-refractivity contribution is 0.0949. The van der Waals surface area contributed by atoms with Gasteiger partial charge in [0.25, 0.3) is 5.91 Å². The Labute approximate surface area is 138 Å². The SMILES string of the molecule is Cc1cccc2sc(N(CCN(C)C)C(=O)c3ccno3)nc12. The highest BCUT2D eigenvalue weighted by Gasteiger charge is 2.24. The topological polar surface area (TPSA) is 62.5 Å². The zero-order valence-electron chi connectivity index (χ0n) is 13.3. The van der Waals surface area contributed by atoms with Crippen LogP contribution in [0.3, 0.4) is 0 Å². The summed E-state index contributed by atoms with van der Waals surface area (Å²) in [6, 6.07) is 7.62. The third-order valence-corrected chi connectivity index (χ3v) is 4.55. The number of hydrogen-bond donors (Lipinski definition) is 0. The number of carbonyl (C=O) groups excluding carboxylic acids is 1. The Balaban J connectivity index is 1.98. The molecule has 6 nitrogen and oxygen atoms in total. The first-order chi connectivity index (χ1) is 11.1. The van der Waals surface area contributed by atoms with Gasteiger partial charge < -0.3 is 9.42 Å². The van der Waals surface area contributed by atoms with E-state index in [1.807, 2.05) is 44.1 Å². The molecule has 3 aromatic rings. The van der Waals surface area contributed by atoms with Crippen LogP contribution < -0.4 is 4.90 Å². The van der Waals surface area contributed by atoms with Crippen LogP contribution in [0.5, 0.6) is 0 Å². The van der Waals surface area contributed by atoms with Crippen molar-refractivity contribution in [2.75, 3.05) is 32.1 Å². The first-order valence-corrected chi connectivity index (χ1v) is 8.11. The van der Waals surface area contributed by atoms with Gasteiger partial charge in [-0.25, -0.2) is 4.98 Å². The summed E-state index contributed by atoms with van der Waals surface area (Å²) in [5.41, 5.74) is 2.04. The van der Waals surface area contributed by atoms with Gasteiger partial charge in [0.15, 0.2) is 5.13 Å². The van der Waals surface area contributed by atoms with Crippen LogP contribution in [0.1, 0.15) is 16.1 Å². The predicted molar refractivity (Wildman–Crippen MR) is 91.1 cm³/mol. The van der Waals surface area contributed by atoms with Crippen LogP contribution in [-0.2, 0) is 0 Å². The van der Waals surface area contributed by atoms with Crippen LogP contribution >= 0.6 is 11.3 Å². The predicted octanol–water partition coefficient (Wildman–Crippen LogP) is 2.80. The minimum Gasteiger partial charge on any atom is -0.351 e. The number of fused-ring (bicyclic) bond motifs is 1. The highest BCUT2D eigenvalue weighted by molar-refractivity contribution is 7.22. The Kier molecular flexibility index (Phi) is 4.40. The van der Waals surface area contributed by atoms with Crippen molar-refractivity contribution >= 4 is 32.6 Å². The van der Waals surface area contributed by atoms with Gasteiger partial charge in [-0.2, -0.15) is 0 Å². The molecule has 1 amide bonds. The monoisotopic (exact) mass is 330 g/mol. The summed E-state index contributed by atoms with van der Waals surface area (Å²) in [4.78, 5) is 21.1. The molecular formula is C16H18N4O2S. The minimum absolute atomic E-state index is 0.221. The molecule has 23 heavy (non-hydrogen) atoms. The third kappa shape index (κ3) is 3.25. The molecule has 0 saturated carbocycles. The lowest BCUT2D eigenvalue weighted by atomic mass is 10.2. The molecule has 0 aliphatic carbocycles. The molecule has 0 radical (unpaired) electrons. The molecule has 0 saturated heterocycles. The molecule has 7 heteroatoms. The van der Waals surface area contributed by atoms with E-state index in [9.17, 15) is 4.79 Å². The summed E-state index contributed by atoms with van der Waals surface area (Å²) in [6.45, 7) is 3.29. The highest BCUT2D eigenvalue weighted by atomic mass is 32.1. The maximum Gasteiger partial charge on any atom is 0.298 e. The maximum absolute atomic E-state index is 12.7. The van der Waals surface area contributed by atoms with E-state index in [2.05, 4.69) is 10.1 Å². The first kappa shape index (κ1) is 15.6. The average molecular weight is 330 g/mol. The van der Waals surface area contributed by atoms with Crippen molar-refractivity contribution in [3.63, 3.8) is 0 Å². The van der Waals surface area contributed by atoms with Crippen LogP contribution in [0, 0.1) is 6.92 Å². The number of hydrogen-bond acceptors (Lipinski definition) is 6. The van der Waals surface area contributed by atoms with Crippen molar-refractivity contribution in [1.29, 1.82) is 0 Å². The standard InChI is InChI=1S/C16H18N4O2S/c1-11-5-4-6-13-14(11)18-16(23-13)20(10-9-19(2)3)15(21)12-7-8-17-22-12/h4-8H,9-10H2,1-3H3. The smallest absolute Gasteiger partial charge is 0.298 e. The molecule has 2 aromatic heterocycles. The zero-order valence-corrected chi connectivity index (χ0v) is 14.1. The van der Waals surface area contributed by atoms with Crippen molar-refractivity contribution in [2.24, 2.45) is 0 Å². The quantitative estimate of drug-likeness (QED) is 0.720. The number of likely N-dealkylation sites (N-methyl/N-ethyl adjacent to an activating group) is 1. The largest absolute Gasteiger partial charge is 0.351 e. The van der Waals surface area contributed by atoms with Crippen LogP contribution in [-0.4, -0.2) is 48.1 Å². The fraction of sp³-hybridized carbons (Fsp3) is 0.312. The second kappa shape index (κ2) is 6.47. The molecule has 0 aliphatic heterocycles. The molecule has 2 heterocycles. The fourth-order valence-electron chi connectivity index (χ4n) is 2.23. The number of carbonyl (C=O) groups is 1. The summed E-state index contributed by atoms with van der Waals surface area (Å²) >= 11 is 1.51. The minimum atomic E-state index is -0.221. The first-order valence-electron chi connectivity index (χ1n) is 7.29. The number of thiazole rings is 1. The van der Waals surface area contributed by atoms with E-state index >= 15 is 0 Å². The average Bonchev–Trinajstić information content (AvgIpc) is 3.16. The third-order valence-electron chi connectivity index (χ3n) is 3.50. The summed E-state index contributed by atoms with van der Waals surface area (Å²) < 4.78 is 6.09. The van der Waals surface area contributed by atoms with E-state index < -0.39 is 0 Å². The van der Waals surface area contributed by atoms with Crippen LogP contribution in [0.4, 0.5) is 5.13 Å². The van der Waals surface area contributed by atoms with E-state index in [-0.39, 0.29) is 11.7 Å². The van der Waals surface area contributed by atoms with Crippen LogP contribution in [0.25, 0.3) is 10.2 Å². The number of rotatable bonds is 5. The Hall–Kier alpha value is -2.25. The van der Waals surface area contributed by atoms with E-state index in [1.54, 1.807) is 11.0 Å². The number of para-hydroxylation sites is 1. The molecule has 0 fully saturated rings. The van der Waals surface area contributed by atoms with Gasteiger partial charge in [-0.15, -0.1) is 0 Å². The van der Waals surface area contributed by atoms with Gasteiger partial charge >= 0.3 is 0 Å². The molecule has 1 aromatic carbocycles. The van der Waals surface area contributed by atoms with Crippen molar-refractivity contribution in [3.05, 3.63) is 41.8 Å². The van der Waals surface area contributed by atoms with Crippen molar-refractivity contribution in [3.8, 4) is 0 Å². The lowest BCUT2D eigenvalue weighted by Gasteiger charge is -2.20. The van der Waals surface area contributed by atoms with Gasteiger partial charge in [0.1, 0.15) is 0 Å². The lowest BCUT2D eigenvalue weighted by Crippen LogP contribution is -2.36. The Bertz CT molecular complexity index is 811. The number of amides is 1. The number of aromatic nitrogens is 2. The Morgan fingerprint density at radius 3 is 2.74 bits per heavy atom. The van der Waals surface area contributed by atoms with Gasteiger partial charge in [-0.05, 0) is 32.6 Å². The summed E-state index contributed by atoms with van der Waals surface area (Å²) in [6.07, 6.45) is 1.47. The molecule has 0 aliphatic rings. The summed E-state index contributed by atoms with van der Waals surface area (Å²) in [5.74, 6) is 0.000735. The molecule has 3 rings (SSSR count). The number of aryl methyl sites for hydroxylation is 1. The van der Waals surface area contributed by atoms with Crippen molar-refractivity contribution in [1.82, 2.24) is 15.0 Å². The van der Waals surface area contributed by atoms with Crippen molar-refractivity contribution < 1.29 is 9.32 Å². The molecular weight excluding hydrogens is 312 g/mol. The molecule has 0 atom stereocenters. The second-order valence-electron chi connectivity index (χ2n) is 5.55. The molecule has 0 N–H and O–H groups in total. The van der Waals surface area contributed by atoms with Crippen molar-refractivity contribution in [2.45, 2.75) is 6.92 Å². The van der Waals surface area contributed by atoms with E-state index in [0.29, 0.717) is 11.7 Å². The molecule has 120 valence electrons. The van der Waals surface area contributed by atoms with E-state index in [0.717, 1.165) is 22.3 Å². The normalized spacial score (nSPS) is 11.3. The number of nitrogens with zero attached hydrogens (tertiary/aromatic N) is 4. The van der Waals surface area contributed by atoms with Gasteiger partial charge in [0.2, 0.25) is 5.76 Å². The summed E-state index contributed by atoms with van der Waals surface area (Å²) in [5, 5.41) is 4.30. The summed E-state index contributed by atoms with van der Waals surface area (Å²) in [7, 11) is 3.94. The van der Waals surface area contributed by atoms with Gasteiger partial charge in [-0.3, -0.25) is 9.69 Å². The second-order valence-corrected chi connectivity index (χ2v) is 6.56. The van der Waals surface area contributed by atoms with Crippen LogP contribution in [0.15, 0.2) is 35.0 Å². The zero-order chi connectivity index (χ0) is 16.4. The van der Waals surface area contributed by atoms with E-state index in [1.165, 1.54) is 17.5 Å². The number of anilines is 1. The molecule has 0 unspecified atom stereocenters. The van der Waals surface area contributed by atoms with Gasteiger partial charge in [0, 0.05) is 19.2 Å². The Morgan fingerprint density at radius 1 is 1.26 bits per heavy atom. The fourth-order valence-corrected chi connectivity index (χ4v) is 3.30. The Morgan fingerprint density at radius 2 is 2.09 bits per heavy atom. The maximum atomic E-state index is 12.7. The molecule has 0 bridgehead atoms. The number of benzene rings is 1. The highest BCUT2D eigenvalue weighted by Crippen LogP contribution is 2.31. The van der Waals surface area contributed by atoms with E-state index in [4.69, 9.17) is 4.52 Å².